The quantitative estimate of drug-likeness (QED) is 0.397. The molecule has 28 heavy (non-hydrogen) atoms. The van der Waals surface area contributed by atoms with Crippen LogP contribution in [0.2, 0.25) is 0 Å². The van der Waals surface area contributed by atoms with Crippen LogP contribution in [0.25, 0.3) is 0 Å². The summed E-state index contributed by atoms with van der Waals surface area (Å²) in [5.41, 5.74) is 3.51. The van der Waals surface area contributed by atoms with Crippen molar-refractivity contribution in [1.82, 2.24) is 5.43 Å². The van der Waals surface area contributed by atoms with Crippen molar-refractivity contribution in [3.8, 4) is 5.75 Å². The van der Waals surface area contributed by atoms with Crippen LogP contribution >= 0.6 is 0 Å². The molecule has 1 atom stereocenters. The second-order valence-corrected chi connectivity index (χ2v) is 7.84. The Morgan fingerprint density at radius 2 is 1.96 bits per heavy atom. The van der Waals surface area contributed by atoms with Crippen LogP contribution in [0.5, 0.6) is 5.75 Å². The zero-order valence-corrected chi connectivity index (χ0v) is 16.6. The van der Waals surface area contributed by atoms with E-state index in [4.69, 9.17) is 4.74 Å². The number of ether oxygens (including phenoxy) is 1. The van der Waals surface area contributed by atoms with Gasteiger partial charge in [-0.15, -0.1) is 0 Å². The first-order chi connectivity index (χ1) is 13.3. The van der Waals surface area contributed by atoms with Crippen LogP contribution in [0.4, 0.5) is 5.69 Å². The van der Waals surface area contributed by atoms with E-state index < -0.39 is 22.0 Å². The average molecular weight is 401 g/mol. The summed E-state index contributed by atoms with van der Waals surface area (Å²) in [5, 5.41) is 3.92. The molecular formula is C20H23N3O4S. The number of hydrazone groups is 1. The molecule has 0 saturated heterocycles. The summed E-state index contributed by atoms with van der Waals surface area (Å²) in [5.74, 6) is 0.0977. The molecule has 0 bridgehead atoms. The lowest BCUT2D eigenvalue weighted by Gasteiger charge is -2.27. The number of carbonyl (C=O) groups is 1. The van der Waals surface area contributed by atoms with Crippen LogP contribution in [-0.2, 0) is 14.8 Å². The van der Waals surface area contributed by atoms with Crippen LogP contribution in [0.3, 0.4) is 0 Å². The second-order valence-electron chi connectivity index (χ2n) is 5.98. The third kappa shape index (κ3) is 5.95. The van der Waals surface area contributed by atoms with Gasteiger partial charge in [-0.2, -0.15) is 5.10 Å². The largest absolute Gasteiger partial charge is 0.490 e. The molecular weight excluding hydrogens is 378 g/mol. The molecule has 0 aliphatic carbocycles. The van der Waals surface area contributed by atoms with E-state index >= 15 is 0 Å². The molecule has 1 N–H and O–H groups in total. The maximum absolute atomic E-state index is 12.4. The first-order valence-electron chi connectivity index (χ1n) is 8.54. The normalized spacial score (nSPS) is 12.4. The maximum Gasteiger partial charge on any atom is 0.263 e. The van der Waals surface area contributed by atoms with Crippen LogP contribution in [0.15, 0.2) is 72.4 Å². The van der Waals surface area contributed by atoms with Gasteiger partial charge in [-0.1, -0.05) is 43.0 Å². The molecule has 7 nitrogen and oxygen atoms in total. The fourth-order valence-electron chi connectivity index (χ4n) is 2.49. The molecule has 0 radical (unpaired) electrons. The molecule has 148 valence electrons. The monoisotopic (exact) mass is 401 g/mol. The van der Waals surface area contributed by atoms with Crippen LogP contribution in [-0.4, -0.2) is 39.4 Å². The van der Waals surface area contributed by atoms with Crippen molar-refractivity contribution in [2.45, 2.75) is 13.0 Å². The number of amides is 1. The van der Waals surface area contributed by atoms with E-state index in [-0.39, 0.29) is 0 Å². The number of nitrogens with zero attached hydrogens (tertiary/aromatic N) is 2. The SMILES string of the molecule is C=CCOc1cccc(C=NNC(=O)[C@@H](C)N(c2ccccc2)S(C)(=O)=O)c1. The van der Waals surface area contributed by atoms with E-state index in [1.54, 1.807) is 60.7 Å². The Morgan fingerprint density at radius 1 is 1.25 bits per heavy atom. The zero-order valence-electron chi connectivity index (χ0n) is 15.8. The number of benzene rings is 2. The van der Waals surface area contributed by atoms with Crippen molar-refractivity contribution in [2.75, 3.05) is 17.2 Å². The van der Waals surface area contributed by atoms with Gasteiger partial charge in [0.05, 0.1) is 18.2 Å². The van der Waals surface area contributed by atoms with Gasteiger partial charge in [0.25, 0.3) is 5.91 Å². The Balaban J connectivity index is 2.08. The average Bonchev–Trinajstić information content (AvgIpc) is 2.66. The predicted octanol–water partition coefficient (Wildman–Crippen LogP) is 2.56. The molecule has 0 unspecified atom stereocenters. The molecule has 0 saturated carbocycles. The van der Waals surface area contributed by atoms with E-state index in [1.807, 2.05) is 0 Å². The summed E-state index contributed by atoms with van der Waals surface area (Å²) in [6, 6.07) is 14.6. The molecule has 0 aliphatic rings. The number of nitrogens with one attached hydrogen (secondary N) is 1. The summed E-state index contributed by atoms with van der Waals surface area (Å²) < 4.78 is 30.9. The number of hydrogen-bond acceptors (Lipinski definition) is 5. The van der Waals surface area contributed by atoms with Crippen molar-refractivity contribution in [3.63, 3.8) is 0 Å². The fourth-order valence-corrected chi connectivity index (χ4v) is 3.66. The van der Waals surface area contributed by atoms with Gasteiger partial charge in [0, 0.05) is 0 Å². The lowest BCUT2D eigenvalue weighted by atomic mass is 10.2. The topological polar surface area (TPSA) is 88.1 Å². The number of rotatable bonds is 9. The molecule has 8 heteroatoms. The maximum atomic E-state index is 12.4. The fraction of sp³-hybridized carbons (Fsp3) is 0.200. The minimum Gasteiger partial charge on any atom is -0.490 e. The number of sulfonamides is 1. The molecule has 0 fully saturated rings. The standard InChI is InChI=1S/C20H23N3O4S/c1-4-13-27-19-12-8-9-17(14-19)15-21-22-20(24)16(2)23(28(3,25)26)18-10-6-5-7-11-18/h4-12,14-16H,1,13H2,2-3H3,(H,22,24)/t16-/m1/s1. The van der Waals surface area contributed by atoms with Crippen LogP contribution < -0.4 is 14.5 Å². The number of para-hydroxylation sites is 1. The second kappa shape index (κ2) is 9.70. The van der Waals surface area contributed by atoms with Gasteiger partial charge in [-0.25, -0.2) is 13.8 Å². The predicted molar refractivity (Wildman–Crippen MR) is 111 cm³/mol. The van der Waals surface area contributed by atoms with Crippen molar-refractivity contribution >= 4 is 27.8 Å². The summed E-state index contributed by atoms with van der Waals surface area (Å²) >= 11 is 0. The molecule has 0 heterocycles. The van der Waals surface area contributed by atoms with Crippen molar-refractivity contribution in [3.05, 3.63) is 72.8 Å². The van der Waals surface area contributed by atoms with Gasteiger partial charge in [0.1, 0.15) is 18.4 Å². The summed E-state index contributed by atoms with van der Waals surface area (Å²) in [6.45, 7) is 5.48. The minimum absolute atomic E-state index is 0.385. The van der Waals surface area contributed by atoms with Gasteiger partial charge in [-0.3, -0.25) is 9.10 Å². The lowest BCUT2D eigenvalue weighted by Crippen LogP contribution is -2.46. The zero-order chi connectivity index (χ0) is 20.6. The Morgan fingerprint density at radius 3 is 2.61 bits per heavy atom. The molecule has 2 aromatic carbocycles. The third-order valence-corrected chi connectivity index (χ3v) is 4.96. The van der Waals surface area contributed by atoms with Crippen molar-refractivity contribution in [2.24, 2.45) is 5.10 Å². The highest BCUT2D eigenvalue weighted by Crippen LogP contribution is 2.20. The molecule has 1 amide bonds. The highest BCUT2D eigenvalue weighted by Gasteiger charge is 2.28. The summed E-state index contributed by atoms with van der Waals surface area (Å²) in [6.07, 6.45) is 4.16. The van der Waals surface area contributed by atoms with E-state index in [9.17, 15) is 13.2 Å². The summed E-state index contributed by atoms with van der Waals surface area (Å²) in [4.78, 5) is 12.4. The van der Waals surface area contributed by atoms with Crippen molar-refractivity contribution in [1.29, 1.82) is 0 Å². The highest BCUT2D eigenvalue weighted by molar-refractivity contribution is 7.92. The Hall–Kier alpha value is -3.13. The molecule has 0 spiro atoms. The minimum atomic E-state index is -3.66. The highest BCUT2D eigenvalue weighted by atomic mass is 32.2. The molecule has 2 rings (SSSR count). The van der Waals surface area contributed by atoms with Crippen molar-refractivity contribution < 1.29 is 17.9 Å². The molecule has 2 aromatic rings. The van der Waals surface area contributed by atoms with E-state index in [2.05, 4.69) is 17.1 Å². The summed E-state index contributed by atoms with van der Waals surface area (Å²) in [7, 11) is -3.66. The van der Waals surface area contributed by atoms with Gasteiger partial charge in [0.2, 0.25) is 10.0 Å². The first kappa shape index (κ1) is 21.2. The van der Waals surface area contributed by atoms with Crippen LogP contribution in [0.1, 0.15) is 12.5 Å². The first-order valence-corrected chi connectivity index (χ1v) is 10.4. The van der Waals surface area contributed by atoms with Gasteiger partial charge >= 0.3 is 0 Å². The molecule has 0 aliphatic heterocycles. The van der Waals surface area contributed by atoms with E-state index in [1.165, 1.54) is 13.1 Å². The number of hydrogen-bond donors (Lipinski definition) is 1. The van der Waals surface area contributed by atoms with Gasteiger partial charge < -0.3 is 4.74 Å². The number of anilines is 1. The Kier molecular flexibility index (Phi) is 7.34. The smallest absolute Gasteiger partial charge is 0.263 e. The van der Waals surface area contributed by atoms with E-state index in [0.29, 0.717) is 18.0 Å². The van der Waals surface area contributed by atoms with E-state index in [0.717, 1.165) is 16.1 Å². The Labute approximate surface area is 165 Å². The van der Waals surface area contributed by atoms with Gasteiger partial charge in [-0.05, 0) is 36.8 Å². The number of carbonyl (C=O) groups excluding carboxylic acids is 1. The van der Waals surface area contributed by atoms with Crippen LogP contribution in [0, 0.1) is 0 Å². The lowest BCUT2D eigenvalue weighted by molar-refractivity contribution is -0.121. The molecule has 0 aromatic heterocycles. The third-order valence-electron chi connectivity index (χ3n) is 3.71. The van der Waals surface area contributed by atoms with Gasteiger partial charge in [0.15, 0.2) is 0 Å². The Bertz CT molecular complexity index is 943.